The third kappa shape index (κ3) is 1.17. The van der Waals surface area contributed by atoms with Crippen LogP contribution in [0.4, 0.5) is 0 Å². The van der Waals surface area contributed by atoms with E-state index in [4.69, 9.17) is 4.74 Å². The fourth-order valence-corrected chi connectivity index (χ4v) is 2.40. The second-order valence-corrected chi connectivity index (χ2v) is 4.64. The summed E-state index contributed by atoms with van der Waals surface area (Å²) in [5, 5.41) is 3.08. The van der Waals surface area contributed by atoms with Crippen molar-refractivity contribution < 1.29 is 9.53 Å². The average molecular weight is 181 g/mol. The Morgan fingerprint density at radius 2 is 2.31 bits per heavy atom. The molecule has 72 valence electrons. The standard InChI is InChI=1S/C10H15NO2/c1-5-4-7(5)11-10(12)8-6-2-3-13-9(6)8/h5-9H,2-4H2,1H3,(H,11,12). The van der Waals surface area contributed by atoms with Crippen molar-refractivity contribution >= 4 is 5.91 Å². The molecule has 1 amide bonds. The molecule has 1 aliphatic heterocycles. The summed E-state index contributed by atoms with van der Waals surface area (Å²) in [4.78, 5) is 11.6. The lowest BCUT2D eigenvalue weighted by Crippen LogP contribution is -2.30. The van der Waals surface area contributed by atoms with Crippen molar-refractivity contribution in [1.82, 2.24) is 5.32 Å². The summed E-state index contributed by atoms with van der Waals surface area (Å²) in [5.41, 5.74) is 0. The van der Waals surface area contributed by atoms with Gasteiger partial charge in [-0.3, -0.25) is 4.79 Å². The maximum Gasteiger partial charge on any atom is 0.226 e. The summed E-state index contributed by atoms with van der Waals surface area (Å²) >= 11 is 0. The van der Waals surface area contributed by atoms with E-state index in [1.807, 2.05) is 0 Å². The van der Waals surface area contributed by atoms with Gasteiger partial charge in [-0.25, -0.2) is 0 Å². The molecule has 0 bridgehead atoms. The van der Waals surface area contributed by atoms with Gasteiger partial charge < -0.3 is 10.1 Å². The molecule has 5 unspecified atom stereocenters. The van der Waals surface area contributed by atoms with Crippen LogP contribution in [0, 0.1) is 17.8 Å². The van der Waals surface area contributed by atoms with Gasteiger partial charge in [0.05, 0.1) is 12.0 Å². The number of amides is 1. The third-order valence-electron chi connectivity index (χ3n) is 3.60. The summed E-state index contributed by atoms with van der Waals surface area (Å²) in [7, 11) is 0. The molecule has 0 spiro atoms. The lowest BCUT2D eigenvalue weighted by Gasteiger charge is -2.04. The van der Waals surface area contributed by atoms with Crippen LogP contribution in [-0.4, -0.2) is 24.7 Å². The number of carbonyl (C=O) groups excluding carboxylic acids is 1. The Morgan fingerprint density at radius 3 is 2.85 bits per heavy atom. The summed E-state index contributed by atoms with van der Waals surface area (Å²) in [6.45, 7) is 3.04. The highest BCUT2D eigenvalue weighted by atomic mass is 16.5. The lowest BCUT2D eigenvalue weighted by molar-refractivity contribution is -0.124. The van der Waals surface area contributed by atoms with Crippen molar-refractivity contribution in [3.05, 3.63) is 0 Å². The van der Waals surface area contributed by atoms with E-state index in [2.05, 4.69) is 12.2 Å². The normalized spacial score (nSPS) is 51.3. The number of fused-ring (bicyclic) bond motifs is 1. The second-order valence-electron chi connectivity index (χ2n) is 4.64. The Kier molecular flexibility index (Phi) is 1.48. The first kappa shape index (κ1) is 7.80. The van der Waals surface area contributed by atoms with E-state index in [9.17, 15) is 4.79 Å². The monoisotopic (exact) mass is 181 g/mol. The zero-order chi connectivity index (χ0) is 9.00. The van der Waals surface area contributed by atoms with Crippen molar-refractivity contribution in [2.24, 2.45) is 17.8 Å². The fourth-order valence-electron chi connectivity index (χ4n) is 2.40. The molecule has 5 atom stereocenters. The third-order valence-corrected chi connectivity index (χ3v) is 3.60. The van der Waals surface area contributed by atoms with Crippen molar-refractivity contribution in [2.75, 3.05) is 6.61 Å². The molecule has 0 aromatic carbocycles. The van der Waals surface area contributed by atoms with E-state index >= 15 is 0 Å². The van der Waals surface area contributed by atoms with Gasteiger partial charge in [-0.2, -0.15) is 0 Å². The van der Waals surface area contributed by atoms with Gasteiger partial charge >= 0.3 is 0 Å². The molecule has 3 rings (SSSR count). The Hall–Kier alpha value is -0.570. The minimum atomic E-state index is 0.196. The summed E-state index contributed by atoms with van der Waals surface area (Å²) < 4.78 is 5.43. The SMILES string of the molecule is CC1CC1NC(=O)C1C2CCOC21. The first-order valence-corrected chi connectivity index (χ1v) is 5.19. The van der Waals surface area contributed by atoms with Crippen molar-refractivity contribution in [3.63, 3.8) is 0 Å². The molecule has 0 radical (unpaired) electrons. The molecule has 3 fully saturated rings. The number of carbonyl (C=O) groups is 1. The highest BCUT2D eigenvalue weighted by Gasteiger charge is 2.59. The van der Waals surface area contributed by atoms with Crippen LogP contribution in [0.5, 0.6) is 0 Å². The zero-order valence-electron chi connectivity index (χ0n) is 7.82. The maximum atomic E-state index is 11.6. The summed E-state index contributed by atoms with van der Waals surface area (Å²) in [6.07, 6.45) is 2.52. The molecule has 1 heterocycles. The minimum Gasteiger partial charge on any atom is -0.377 e. The molecule has 0 aromatic heterocycles. The second kappa shape index (κ2) is 2.47. The van der Waals surface area contributed by atoms with Gasteiger partial charge in [0.2, 0.25) is 5.91 Å². The Bertz CT molecular complexity index is 243. The van der Waals surface area contributed by atoms with E-state index in [1.165, 1.54) is 0 Å². The predicted molar refractivity (Wildman–Crippen MR) is 47.0 cm³/mol. The Labute approximate surface area is 77.8 Å². The van der Waals surface area contributed by atoms with Gasteiger partial charge in [0.25, 0.3) is 0 Å². The molecule has 13 heavy (non-hydrogen) atoms. The highest BCUT2D eigenvalue weighted by molar-refractivity contribution is 5.83. The van der Waals surface area contributed by atoms with Gasteiger partial charge in [0, 0.05) is 18.6 Å². The lowest BCUT2D eigenvalue weighted by atomic mass is 10.2. The predicted octanol–water partition coefficient (Wildman–Crippen LogP) is 0.546. The van der Waals surface area contributed by atoms with E-state index in [0.717, 1.165) is 19.4 Å². The van der Waals surface area contributed by atoms with Crippen LogP contribution in [0.25, 0.3) is 0 Å². The minimum absolute atomic E-state index is 0.196. The zero-order valence-corrected chi connectivity index (χ0v) is 7.82. The average Bonchev–Trinajstić information content (AvgIpc) is 2.91. The van der Waals surface area contributed by atoms with Crippen LogP contribution in [-0.2, 0) is 9.53 Å². The first-order valence-electron chi connectivity index (χ1n) is 5.19. The van der Waals surface area contributed by atoms with Gasteiger partial charge in [0.15, 0.2) is 0 Å². The molecule has 1 N–H and O–H groups in total. The van der Waals surface area contributed by atoms with Gasteiger partial charge in [0.1, 0.15) is 0 Å². The quantitative estimate of drug-likeness (QED) is 0.675. The molecule has 2 saturated carbocycles. The van der Waals surface area contributed by atoms with Crippen LogP contribution in [0.3, 0.4) is 0 Å². The number of hydrogen-bond acceptors (Lipinski definition) is 2. The van der Waals surface area contributed by atoms with Crippen molar-refractivity contribution in [2.45, 2.75) is 31.9 Å². The first-order chi connectivity index (χ1) is 6.27. The van der Waals surface area contributed by atoms with Crippen molar-refractivity contribution in [1.29, 1.82) is 0 Å². The Balaban J connectivity index is 1.53. The number of nitrogens with one attached hydrogen (secondary N) is 1. The molecule has 3 nitrogen and oxygen atoms in total. The molecular formula is C10H15NO2. The van der Waals surface area contributed by atoms with E-state index in [1.54, 1.807) is 0 Å². The molecular weight excluding hydrogens is 166 g/mol. The van der Waals surface area contributed by atoms with E-state index < -0.39 is 0 Å². The van der Waals surface area contributed by atoms with Crippen LogP contribution in [0.15, 0.2) is 0 Å². The maximum absolute atomic E-state index is 11.6. The molecule has 3 heteroatoms. The number of rotatable bonds is 2. The smallest absolute Gasteiger partial charge is 0.226 e. The van der Waals surface area contributed by atoms with Gasteiger partial charge in [-0.15, -0.1) is 0 Å². The van der Waals surface area contributed by atoms with Gasteiger partial charge in [-0.05, 0) is 18.8 Å². The number of ether oxygens (including phenoxy) is 1. The fraction of sp³-hybridized carbons (Fsp3) is 0.900. The Morgan fingerprint density at radius 1 is 1.54 bits per heavy atom. The molecule has 3 aliphatic rings. The van der Waals surface area contributed by atoms with Crippen LogP contribution in [0.2, 0.25) is 0 Å². The largest absolute Gasteiger partial charge is 0.377 e. The van der Waals surface area contributed by atoms with Crippen LogP contribution < -0.4 is 5.32 Å². The van der Waals surface area contributed by atoms with Crippen molar-refractivity contribution in [3.8, 4) is 0 Å². The van der Waals surface area contributed by atoms with Gasteiger partial charge in [-0.1, -0.05) is 6.92 Å². The molecule has 0 aromatic rings. The van der Waals surface area contributed by atoms with E-state index in [0.29, 0.717) is 17.9 Å². The molecule has 1 saturated heterocycles. The summed E-state index contributed by atoms with van der Waals surface area (Å²) in [6, 6.07) is 0.467. The van der Waals surface area contributed by atoms with E-state index in [-0.39, 0.29) is 17.9 Å². The highest BCUT2D eigenvalue weighted by Crippen LogP contribution is 2.49. The number of hydrogen-bond donors (Lipinski definition) is 1. The summed E-state index contributed by atoms with van der Waals surface area (Å²) in [5.74, 6) is 1.68. The topological polar surface area (TPSA) is 38.3 Å². The van der Waals surface area contributed by atoms with Crippen LogP contribution in [0.1, 0.15) is 19.8 Å². The van der Waals surface area contributed by atoms with Crippen LogP contribution >= 0.6 is 0 Å². The molecule has 2 aliphatic carbocycles.